The van der Waals surface area contributed by atoms with Gasteiger partial charge < -0.3 is 4.74 Å². The number of aliphatic imine (C=N–C) groups is 1. The van der Waals surface area contributed by atoms with Crippen molar-refractivity contribution in [1.82, 2.24) is 0 Å². The Labute approximate surface area is 85.2 Å². The van der Waals surface area contributed by atoms with Crippen LogP contribution in [0, 0.1) is 0 Å². The van der Waals surface area contributed by atoms with Crippen LogP contribution < -0.4 is 0 Å². The van der Waals surface area contributed by atoms with Crippen molar-refractivity contribution in [2.75, 3.05) is 7.11 Å². The molecule has 1 unspecified atom stereocenters. The van der Waals surface area contributed by atoms with Crippen LogP contribution in [-0.2, 0) is 9.53 Å². The number of hydrogen-bond donors (Lipinski definition) is 0. The van der Waals surface area contributed by atoms with Gasteiger partial charge in [-0.05, 0) is 18.4 Å². The fourth-order valence-corrected chi connectivity index (χ4v) is 1.96. The molecule has 0 saturated carbocycles. The Morgan fingerprint density at radius 2 is 2.43 bits per heavy atom. The maximum atomic E-state index is 11.3. The van der Waals surface area contributed by atoms with E-state index in [9.17, 15) is 9.59 Å². The van der Waals surface area contributed by atoms with Crippen LogP contribution in [0.25, 0.3) is 0 Å². The van der Waals surface area contributed by atoms with Gasteiger partial charge in [0.05, 0.1) is 13.2 Å². The summed E-state index contributed by atoms with van der Waals surface area (Å²) in [6.45, 7) is 1.72. The Morgan fingerprint density at radius 3 is 3.00 bits per heavy atom. The highest BCUT2D eigenvalue weighted by Gasteiger charge is 2.17. The fraction of sp³-hybridized carbons (Fsp3) is 0.333. The molecule has 0 spiro atoms. The average molecular weight is 211 g/mol. The van der Waals surface area contributed by atoms with Gasteiger partial charge in [0.25, 0.3) is 0 Å². The highest BCUT2D eigenvalue weighted by atomic mass is 32.1. The zero-order valence-corrected chi connectivity index (χ0v) is 8.63. The van der Waals surface area contributed by atoms with E-state index in [0.717, 1.165) is 0 Å². The first-order chi connectivity index (χ1) is 6.70. The minimum atomic E-state index is -0.400. The van der Waals surface area contributed by atoms with Crippen LogP contribution >= 0.6 is 11.3 Å². The lowest BCUT2D eigenvalue weighted by atomic mass is 10.1. The number of esters is 1. The number of rotatable bonds is 3. The van der Waals surface area contributed by atoms with E-state index in [-0.39, 0.29) is 6.04 Å². The topological polar surface area (TPSA) is 55.7 Å². The van der Waals surface area contributed by atoms with Crippen molar-refractivity contribution < 1.29 is 14.3 Å². The number of nitrogens with zero attached hydrogens (tertiary/aromatic N) is 1. The van der Waals surface area contributed by atoms with Crippen LogP contribution in [0.4, 0.5) is 0 Å². The first-order valence-corrected chi connectivity index (χ1v) is 4.81. The van der Waals surface area contributed by atoms with Gasteiger partial charge >= 0.3 is 5.97 Å². The molecule has 0 fully saturated rings. The highest BCUT2D eigenvalue weighted by molar-refractivity contribution is 7.12. The summed E-state index contributed by atoms with van der Waals surface area (Å²) in [5.74, 6) is -0.400. The van der Waals surface area contributed by atoms with Crippen LogP contribution in [0.3, 0.4) is 0 Å². The molecule has 1 atom stereocenters. The maximum Gasteiger partial charge on any atom is 0.348 e. The first kappa shape index (κ1) is 10.6. The van der Waals surface area contributed by atoms with Crippen molar-refractivity contribution in [2.45, 2.75) is 13.0 Å². The number of ether oxygens (including phenoxy) is 1. The molecule has 14 heavy (non-hydrogen) atoms. The van der Waals surface area contributed by atoms with Crippen molar-refractivity contribution in [2.24, 2.45) is 4.99 Å². The van der Waals surface area contributed by atoms with Crippen LogP contribution in [0.5, 0.6) is 0 Å². The molecule has 0 aliphatic rings. The highest BCUT2D eigenvalue weighted by Crippen LogP contribution is 2.26. The molecular formula is C9H9NO3S. The summed E-state index contributed by atoms with van der Waals surface area (Å²) in [5.41, 5.74) is 0.699. The fourth-order valence-electron chi connectivity index (χ4n) is 1.06. The lowest BCUT2D eigenvalue weighted by molar-refractivity contribution is 0.0604. The van der Waals surface area contributed by atoms with Gasteiger partial charge in [0.1, 0.15) is 4.88 Å². The normalized spacial score (nSPS) is 11.6. The van der Waals surface area contributed by atoms with Gasteiger partial charge in [0.15, 0.2) is 0 Å². The van der Waals surface area contributed by atoms with Crippen molar-refractivity contribution in [3.63, 3.8) is 0 Å². The number of hydrogen-bond acceptors (Lipinski definition) is 5. The predicted octanol–water partition coefficient (Wildman–Crippen LogP) is 1.93. The third-order valence-corrected chi connectivity index (χ3v) is 2.67. The minimum Gasteiger partial charge on any atom is -0.465 e. The van der Waals surface area contributed by atoms with Crippen LogP contribution in [0.15, 0.2) is 16.4 Å². The molecule has 1 aromatic rings. The zero-order chi connectivity index (χ0) is 10.6. The lowest BCUT2D eigenvalue weighted by Crippen LogP contribution is -2.03. The molecule has 0 aliphatic heterocycles. The Balaban J connectivity index is 3.03. The van der Waals surface area contributed by atoms with E-state index < -0.39 is 5.97 Å². The Hall–Kier alpha value is -1.45. The van der Waals surface area contributed by atoms with Crippen LogP contribution in [0.2, 0.25) is 0 Å². The van der Waals surface area contributed by atoms with Gasteiger partial charge in [-0.3, -0.25) is 0 Å². The Bertz CT molecular complexity index is 379. The summed E-state index contributed by atoms with van der Waals surface area (Å²) >= 11 is 1.27. The molecule has 0 amide bonds. The summed E-state index contributed by atoms with van der Waals surface area (Å²) in [6.07, 6.45) is 1.47. The molecule has 0 saturated heterocycles. The molecule has 0 aromatic carbocycles. The predicted molar refractivity (Wildman–Crippen MR) is 52.2 cm³/mol. The number of methoxy groups -OCH3 is 1. The summed E-state index contributed by atoms with van der Waals surface area (Å²) < 4.78 is 4.59. The smallest absolute Gasteiger partial charge is 0.348 e. The molecule has 5 heteroatoms. The molecular weight excluding hydrogens is 202 g/mol. The Morgan fingerprint density at radius 1 is 1.71 bits per heavy atom. The molecule has 0 aliphatic carbocycles. The van der Waals surface area contributed by atoms with E-state index in [1.165, 1.54) is 24.5 Å². The third-order valence-electron chi connectivity index (χ3n) is 1.76. The van der Waals surface area contributed by atoms with E-state index in [2.05, 4.69) is 9.73 Å². The second-order valence-electron chi connectivity index (χ2n) is 2.59. The third kappa shape index (κ3) is 2.07. The molecule has 4 nitrogen and oxygen atoms in total. The van der Waals surface area contributed by atoms with Gasteiger partial charge in [-0.1, -0.05) is 0 Å². The molecule has 1 rings (SSSR count). The van der Waals surface area contributed by atoms with Gasteiger partial charge in [-0.15, -0.1) is 11.3 Å². The minimum absolute atomic E-state index is 0.354. The summed E-state index contributed by atoms with van der Waals surface area (Å²) in [4.78, 5) is 25.3. The standard InChI is InChI=1S/C9H9NO3S/c1-6(10-5-11)7-3-4-14-8(7)9(12)13-2/h3-4,6H,1-2H3. The monoisotopic (exact) mass is 211 g/mol. The first-order valence-electron chi connectivity index (χ1n) is 3.93. The second-order valence-corrected chi connectivity index (χ2v) is 3.51. The van der Waals surface area contributed by atoms with Crippen molar-refractivity contribution in [3.05, 3.63) is 21.9 Å². The largest absolute Gasteiger partial charge is 0.465 e. The van der Waals surface area contributed by atoms with Crippen molar-refractivity contribution in [3.8, 4) is 0 Å². The van der Waals surface area contributed by atoms with Gasteiger partial charge in [0.2, 0.25) is 6.08 Å². The van der Waals surface area contributed by atoms with E-state index in [1.54, 1.807) is 18.4 Å². The second kappa shape index (κ2) is 4.69. The summed E-state index contributed by atoms with van der Waals surface area (Å²) in [5, 5.41) is 1.76. The van der Waals surface area contributed by atoms with Crippen molar-refractivity contribution in [1.29, 1.82) is 0 Å². The van der Waals surface area contributed by atoms with Gasteiger partial charge in [0, 0.05) is 5.56 Å². The number of isocyanates is 1. The van der Waals surface area contributed by atoms with Gasteiger partial charge in [-0.2, -0.15) is 4.99 Å². The number of carbonyl (C=O) groups is 1. The Kier molecular flexibility index (Phi) is 3.56. The average Bonchev–Trinajstić information content (AvgIpc) is 2.65. The number of carbonyl (C=O) groups excluding carboxylic acids is 2. The SMILES string of the molecule is COC(=O)c1sccc1C(C)N=C=O. The lowest BCUT2D eigenvalue weighted by Gasteiger charge is -2.03. The molecule has 0 N–H and O–H groups in total. The van der Waals surface area contributed by atoms with Crippen LogP contribution in [-0.4, -0.2) is 19.2 Å². The van der Waals surface area contributed by atoms with E-state index in [1.807, 2.05) is 0 Å². The summed E-state index contributed by atoms with van der Waals surface area (Å²) in [6, 6.07) is 1.40. The molecule has 74 valence electrons. The molecule has 1 aromatic heterocycles. The molecule has 0 bridgehead atoms. The van der Waals surface area contributed by atoms with Crippen molar-refractivity contribution >= 4 is 23.4 Å². The van der Waals surface area contributed by atoms with E-state index in [0.29, 0.717) is 10.4 Å². The molecule has 0 radical (unpaired) electrons. The number of thiophene rings is 1. The maximum absolute atomic E-state index is 11.3. The summed E-state index contributed by atoms with van der Waals surface area (Å²) in [7, 11) is 1.32. The molecule has 1 heterocycles. The quantitative estimate of drug-likeness (QED) is 0.436. The van der Waals surface area contributed by atoms with Gasteiger partial charge in [-0.25, -0.2) is 9.59 Å². The zero-order valence-electron chi connectivity index (χ0n) is 7.81. The van der Waals surface area contributed by atoms with E-state index >= 15 is 0 Å². The van der Waals surface area contributed by atoms with E-state index in [4.69, 9.17) is 0 Å². The van der Waals surface area contributed by atoms with Crippen LogP contribution in [0.1, 0.15) is 28.2 Å².